The topological polar surface area (TPSA) is 235 Å². The summed E-state index contributed by atoms with van der Waals surface area (Å²) < 4.78 is 0. The largest absolute Gasteiger partial charge is 0.480 e. The van der Waals surface area contributed by atoms with Crippen LogP contribution in [-0.4, -0.2) is 77.2 Å². The van der Waals surface area contributed by atoms with Crippen molar-refractivity contribution < 1.29 is 29.4 Å². The second-order valence-corrected chi connectivity index (χ2v) is 9.08. The van der Waals surface area contributed by atoms with Gasteiger partial charge in [0.2, 0.25) is 17.7 Å². The van der Waals surface area contributed by atoms with E-state index in [0.717, 1.165) is 5.56 Å². The summed E-state index contributed by atoms with van der Waals surface area (Å²) in [6.07, 6.45) is 0.761. The highest BCUT2D eigenvalue weighted by atomic mass is 16.4. The highest BCUT2D eigenvalue weighted by molar-refractivity contribution is 5.94. The molecule has 37 heavy (non-hydrogen) atoms. The number of aliphatic hydroxyl groups excluding tert-OH is 1. The molecule has 11 N–H and O–H groups in total. The van der Waals surface area contributed by atoms with Crippen molar-refractivity contribution in [2.24, 2.45) is 28.1 Å². The lowest BCUT2D eigenvalue weighted by atomic mass is 10.0. The molecule has 1 aromatic rings. The normalized spacial score (nSPS) is 14.1. The predicted molar refractivity (Wildman–Crippen MR) is 138 cm³/mol. The number of hydrogen-bond acceptors (Lipinski definition) is 7. The maximum absolute atomic E-state index is 12.9. The number of benzene rings is 1. The minimum absolute atomic E-state index is 0.00890. The number of amides is 3. The number of hydrogen-bond donors (Lipinski definition) is 8. The third-order valence-electron chi connectivity index (χ3n) is 5.35. The minimum atomic E-state index is -1.38. The summed E-state index contributed by atoms with van der Waals surface area (Å²) in [7, 11) is 0. The van der Waals surface area contributed by atoms with Crippen LogP contribution in [0.4, 0.5) is 0 Å². The molecule has 0 saturated heterocycles. The van der Waals surface area contributed by atoms with Crippen LogP contribution in [-0.2, 0) is 25.6 Å². The zero-order valence-electron chi connectivity index (χ0n) is 21.2. The number of carboxylic acids is 1. The molecule has 0 aliphatic rings. The van der Waals surface area contributed by atoms with Crippen LogP contribution >= 0.6 is 0 Å². The van der Waals surface area contributed by atoms with Gasteiger partial charge in [-0.3, -0.25) is 19.4 Å². The fourth-order valence-corrected chi connectivity index (χ4v) is 3.44. The van der Waals surface area contributed by atoms with Crippen molar-refractivity contribution in [2.45, 2.75) is 63.7 Å². The Balaban J connectivity index is 2.89. The van der Waals surface area contributed by atoms with Crippen molar-refractivity contribution in [1.82, 2.24) is 16.0 Å². The molecule has 0 spiro atoms. The standard InChI is InChI=1S/C24H39N7O6/c1-14(2)11-18(23(36)37)30-21(34)17(9-6-10-28-24(26)27)29-22(35)19(13-32)31-20(33)16(25)12-15-7-4-3-5-8-15/h3-5,7-8,14,16-19,32H,6,9-13,25H2,1-2H3,(H,29,35)(H,30,34)(H,31,33)(H,36,37)(H4,26,27,28). The maximum Gasteiger partial charge on any atom is 0.326 e. The molecule has 1 rings (SSSR count). The Morgan fingerprint density at radius 3 is 2.03 bits per heavy atom. The smallest absolute Gasteiger partial charge is 0.326 e. The molecular formula is C24H39N7O6. The van der Waals surface area contributed by atoms with Gasteiger partial charge in [0, 0.05) is 6.54 Å². The summed E-state index contributed by atoms with van der Waals surface area (Å²) >= 11 is 0. The third kappa shape index (κ3) is 12.2. The van der Waals surface area contributed by atoms with Gasteiger partial charge in [-0.1, -0.05) is 44.2 Å². The SMILES string of the molecule is CC(C)CC(NC(=O)C(CCCN=C(N)N)NC(=O)C(CO)NC(=O)C(N)Cc1ccccc1)C(=O)O. The van der Waals surface area contributed by atoms with Gasteiger partial charge in [-0.05, 0) is 37.2 Å². The van der Waals surface area contributed by atoms with Gasteiger partial charge in [-0.2, -0.15) is 0 Å². The number of nitrogens with two attached hydrogens (primary N) is 3. The van der Waals surface area contributed by atoms with E-state index in [1.165, 1.54) is 0 Å². The van der Waals surface area contributed by atoms with E-state index in [-0.39, 0.29) is 44.1 Å². The average molecular weight is 522 g/mol. The molecule has 0 aromatic heterocycles. The van der Waals surface area contributed by atoms with Crippen LogP contribution in [0.5, 0.6) is 0 Å². The first kappa shape index (κ1) is 31.3. The molecule has 3 amide bonds. The second kappa shape index (κ2) is 16.1. The van der Waals surface area contributed by atoms with Gasteiger partial charge in [0.15, 0.2) is 5.96 Å². The number of carbonyl (C=O) groups is 4. The summed E-state index contributed by atoms with van der Waals surface area (Å²) in [4.78, 5) is 53.7. The summed E-state index contributed by atoms with van der Waals surface area (Å²) in [6, 6.07) is 4.36. The van der Waals surface area contributed by atoms with E-state index in [2.05, 4.69) is 20.9 Å². The van der Waals surface area contributed by atoms with Crippen LogP contribution in [0.1, 0.15) is 38.7 Å². The number of aliphatic imine (C=N–C) groups is 1. The molecule has 0 saturated carbocycles. The maximum atomic E-state index is 12.9. The molecule has 0 radical (unpaired) electrons. The Labute approximate surface area is 216 Å². The first-order valence-electron chi connectivity index (χ1n) is 12.0. The van der Waals surface area contributed by atoms with Crippen molar-refractivity contribution in [3.8, 4) is 0 Å². The highest BCUT2D eigenvalue weighted by Gasteiger charge is 2.30. The summed E-state index contributed by atoms with van der Waals surface area (Å²) in [5.74, 6) is -3.57. The van der Waals surface area contributed by atoms with Crippen LogP contribution in [0.15, 0.2) is 35.3 Å². The Morgan fingerprint density at radius 2 is 1.49 bits per heavy atom. The Morgan fingerprint density at radius 1 is 0.919 bits per heavy atom. The number of guanidine groups is 1. The van der Waals surface area contributed by atoms with E-state index in [1.54, 1.807) is 24.3 Å². The Bertz CT molecular complexity index is 921. The molecule has 13 heteroatoms. The Hall–Kier alpha value is -3.71. The van der Waals surface area contributed by atoms with Gasteiger partial charge in [0.25, 0.3) is 0 Å². The lowest BCUT2D eigenvalue weighted by molar-refractivity contribution is -0.143. The molecule has 13 nitrogen and oxygen atoms in total. The number of carboxylic acid groups (broad SMARTS) is 1. The van der Waals surface area contributed by atoms with Crippen LogP contribution < -0.4 is 33.2 Å². The van der Waals surface area contributed by atoms with E-state index >= 15 is 0 Å². The number of rotatable bonds is 16. The predicted octanol–water partition coefficient (Wildman–Crippen LogP) is -1.81. The zero-order chi connectivity index (χ0) is 28.0. The van der Waals surface area contributed by atoms with Crippen LogP contribution in [0.2, 0.25) is 0 Å². The molecule has 4 unspecified atom stereocenters. The molecule has 1 aromatic carbocycles. The zero-order valence-corrected chi connectivity index (χ0v) is 21.2. The highest BCUT2D eigenvalue weighted by Crippen LogP contribution is 2.07. The third-order valence-corrected chi connectivity index (χ3v) is 5.35. The number of carbonyl (C=O) groups excluding carboxylic acids is 3. The monoisotopic (exact) mass is 521 g/mol. The van der Waals surface area contributed by atoms with Crippen molar-refractivity contribution in [3.05, 3.63) is 35.9 Å². The first-order chi connectivity index (χ1) is 17.4. The minimum Gasteiger partial charge on any atom is -0.480 e. The van der Waals surface area contributed by atoms with E-state index in [1.807, 2.05) is 19.9 Å². The van der Waals surface area contributed by atoms with Gasteiger partial charge < -0.3 is 43.4 Å². The van der Waals surface area contributed by atoms with Crippen molar-refractivity contribution in [1.29, 1.82) is 0 Å². The summed E-state index contributed by atoms with van der Waals surface area (Å²) in [5, 5.41) is 26.5. The molecule has 4 atom stereocenters. The van der Waals surface area contributed by atoms with E-state index in [9.17, 15) is 29.4 Å². The first-order valence-corrected chi connectivity index (χ1v) is 12.0. The number of nitrogens with one attached hydrogen (secondary N) is 3. The van der Waals surface area contributed by atoms with E-state index < -0.39 is 54.5 Å². The van der Waals surface area contributed by atoms with Crippen LogP contribution in [0, 0.1) is 5.92 Å². The summed E-state index contributed by atoms with van der Waals surface area (Å²) in [5.41, 5.74) is 17.4. The van der Waals surface area contributed by atoms with Crippen molar-refractivity contribution >= 4 is 29.7 Å². The molecule has 206 valence electrons. The quantitative estimate of drug-likeness (QED) is 0.0694. The Kier molecular flexibility index (Phi) is 13.6. The van der Waals surface area contributed by atoms with E-state index in [0.29, 0.717) is 0 Å². The molecule has 0 heterocycles. The lowest BCUT2D eigenvalue weighted by Gasteiger charge is -2.25. The van der Waals surface area contributed by atoms with Crippen molar-refractivity contribution in [2.75, 3.05) is 13.2 Å². The van der Waals surface area contributed by atoms with Crippen LogP contribution in [0.25, 0.3) is 0 Å². The van der Waals surface area contributed by atoms with Gasteiger partial charge >= 0.3 is 5.97 Å². The van der Waals surface area contributed by atoms with Gasteiger partial charge in [-0.15, -0.1) is 0 Å². The molecule has 0 bridgehead atoms. The number of aliphatic carboxylic acids is 1. The van der Waals surface area contributed by atoms with Gasteiger partial charge in [0.1, 0.15) is 18.1 Å². The molecular weight excluding hydrogens is 482 g/mol. The summed E-state index contributed by atoms with van der Waals surface area (Å²) in [6.45, 7) is 3.05. The average Bonchev–Trinajstić information content (AvgIpc) is 2.83. The number of aliphatic hydroxyl groups is 1. The second-order valence-electron chi connectivity index (χ2n) is 9.08. The van der Waals surface area contributed by atoms with Crippen molar-refractivity contribution in [3.63, 3.8) is 0 Å². The van der Waals surface area contributed by atoms with E-state index in [4.69, 9.17) is 17.2 Å². The molecule has 0 aliphatic carbocycles. The lowest BCUT2D eigenvalue weighted by Crippen LogP contribution is -2.58. The fraction of sp³-hybridized carbons (Fsp3) is 0.542. The van der Waals surface area contributed by atoms with Gasteiger partial charge in [-0.25, -0.2) is 4.79 Å². The fourth-order valence-electron chi connectivity index (χ4n) is 3.44. The van der Waals surface area contributed by atoms with Crippen LogP contribution in [0.3, 0.4) is 0 Å². The van der Waals surface area contributed by atoms with Gasteiger partial charge in [0.05, 0.1) is 12.6 Å². The number of nitrogens with zero attached hydrogens (tertiary/aromatic N) is 1. The molecule has 0 aliphatic heterocycles. The molecule has 0 fully saturated rings.